The van der Waals surface area contributed by atoms with E-state index in [1.165, 1.54) is 28.6 Å². The van der Waals surface area contributed by atoms with Gasteiger partial charge in [-0.1, -0.05) is 17.7 Å². The lowest BCUT2D eigenvalue weighted by atomic mass is 9.86. The monoisotopic (exact) mass is 248 g/mol. The zero-order chi connectivity index (χ0) is 12.0. The molecule has 17 heavy (non-hydrogen) atoms. The van der Waals surface area contributed by atoms with Crippen LogP contribution < -0.4 is 5.73 Å². The van der Waals surface area contributed by atoms with Crippen molar-refractivity contribution in [3.05, 3.63) is 34.5 Å². The maximum atomic E-state index is 6.08. The summed E-state index contributed by atoms with van der Waals surface area (Å²) in [6.45, 7) is 0.795. The molecule has 1 aliphatic rings. The molecule has 2 N–H and O–H groups in total. The van der Waals surface area contributed by atoms with Crippen LogP contribution in [0.5, 0.6) is 0 Å². The number of nitrogens with zero attached hydrogens (tertiary/aromatic N) is 1. The topological polar surface area (TPSA) is 30.9 Å². The van der Waals surface area contributed by atoms with Crippen molar-refractivity contribution >= 4 is 22.5 Å². The first kappa shape index (κ1) is 11.1. The summed E-state index contributed by atoms with van der Waals surface area (Å²) in [5, 5.41) is 2.16. The van der Waals surface area contributed by atoms with Gasteiger partial charge in [0.05, 0.1) is 0 Å². The van der Waals surface area contributed by atoms with Crippen LogP contribution in [0.4, 0.5) is 0 Å². The predicted octanol–water partition coefficient (Wildman–Crippen LogP) is 2.90. The Morgan fingerprint density at radius 1 is 1.47 bits per heavy atom. The Balaban J connectivity index is 2.22. The van der Waals surface area contributed by atoms with Crippen molar-refractivity contribution in [3.8, 4) is 0 Å². The van der Waals surface area contributed by atoms with E-state index >= 15 is 0 Å². The molecule has 0 saturated heterocycles. The van der Waals surface area contributed by atoms with Gasteiger partial charge in [0.2, 0.25) is 0 Å². The second kappa shape index (κ2) is 4.04. The van der Waals surface area contributed by atoms with Crippen LogP contribution in [0.3, 0.4) is 0 Å². The molecule has 2 aromatic rings. The third-order valence-electron chi connectivity index (χ3n) is 4.01. The Bertz CT molecular complexity index is 571. The lowest BCUT2D eigenvalue weighted by molar-refractivity contribution is 0.462. The first-order valence-corrected chi connectivity index (χ1v) is 6.54. The van der Waals surface area contributed by atoms with Gasteiger partial charge in [-0.3, -0.25) is 0 Å². The molecule has 0 radical (unpaired) electrons. The lowest BCUT2D eigenvalue weighted by Gasteiger charge is -2.21. The van der Waals surface area contributed by atoms with E-state index in [2.05, 4.69) is 23.7 Å². The number of hydrogen-bond donors (Lipinski definition) is 1. The zero-order valence-corrected chi connectivity index (χ0v) is 10.8. The minimum absolute atomic E-state index is 0.642. The molecule has 0 bridgehead atoms. The van der Waals surface area contributed by atoms with Crippen LogP contribution in [0.15, 0.2) is 18.2 Å². The average molecular weight is 249 g/mol. The maximum Gasteiger partial charge on any atom is 0.0497 e. The fraction of sp³-hybridized carbons (Fsp3) is 0.429. The number of nitrogens with two attached hydrogens (primary N) is 1. The Kier molecular flexibility index (Phi) is 2.64. The summed E-state index contributed by atoms with van der Waals surface area (Å²) in [6.07, 6.45) is 3.46. The van der Waals surface area contributed by atoms with Gasteiger partial charge in [0.1, 0.15) is 0 Å². The highest BCUT2D eigenvalue weighted by Gasteiger charge is 2.23. The van der Waals surface area contributed by atoms with Crippen LogP contribution in [0, 0.1) is 5.92 Å². The molecule has 3 rings (SSSR count). The van der Waals surface area contributed by atoms with Crippen LogP contribution in [-0.4, -0.2) is 11.1 Å². The first-order chi connectivity index (χ1) is 8.20. The van der Waals surface area contributed by atoms with Crippen molar-refractivity contribution < 1.29 is 0 Å². The molecule has 0 spiro atoms. The fourth-order valence-electron chi connectivity index (χ4n) is 3.02. The Morgan fingerprint density at radius 2 is 2.29 bits per heavy atom. The molecule has 0 saturated carbocycles. The van der Waals surface area contributed by atoms with Gasteiger partial charge in [-0.15, -0.1) is 0 Å². The second-order valence-electron chi connectivity index (χ2n) is 4.99. The van der Waals surface area contributed by atoms with Crippen molar-refractivity contribution in [1.82, 2.24) is 4.57 Å². The molecule has 1 unspecified atom stereocenters. The number of halogens is 1. The molecule has 0 aliphatic heterocycles. The number of rotatable bonds is 1. The lowest BCUT2D eigenvalue weighted by Crippen LogP contribution is -2.22. The number of aromatic nitrogens is 1. The quantitative estimate of drug-likeness (QED) is 0.827. The van der Waals surface area contributed by atoms with E-state index in [0.717, 1.165) is 24.4 Å². The summed E-state index contributed by atoms with van der Waals surface area (Å²) in [4.78, 5) is 0. The van der Waals surface area contributed by atoms with E-state index in [-0.39, 0.29) is 0 Å². The zero-order valence-electron chi connectivity index (χ0n) is 10.0. The molecule has 1 aromatic carbocycles. The van der Waals surface area contributed by atoms with E-state index in [1.54, 1.807) is 0 Å². The maximum absolute atomic E-state index is 6.08. The summed E-state index contributed by atoms with van der Waals surface area (Å²) >= 11 is 6.08. The molecule has 3 heteroatoms. The molecule has 1 aromatic heterocycles. The minimum atomic E-state index is 0.642. The van der Waals surface area contributed by atoms with Gasteiger partial charge in [0.25, 0.3) is 0 Å². The van der Waals surface area contributed by atoms with Crippen LogP contribution in [0.1, 0.15) is 17.7 Å². The van der Waals surface area contributed by atoms with E-state index < -0.39 is 0 Å². The van der Waals surface area contributed by atoms with Crippen LogP contribution in [0.25, 0.3) is 10.9 Å². The fourth-order valence-corrected chi connectivity index (χ4v) is 3.19. The average Bonchev–Trinajstić information content (AvgIpc) is 2.62. The molecular formula is C14H17ClN2. The highest BCUT2D eigenvalue weighted by Crippen LogP contribution is 2.34. The highest BCUT2D eigenvalue weighted by atomic mass is 35.5. The summed E-state index contributed by atoms with van der Waals surface area (Å²) in [5.74, 6) is 0.642. The normalized spacial score (nSPS) is 19.6. The van der Waals surface area contributed by atoms with Gasteiger partial charge in [0.15, 0.2) is 0 Å². The van der Waals surface area contributed by atoms with E-state index in [4.69, 9.17) is 17.3 Å². The number of benzene rings is 1. The summed E-state index contributed by atoms with van der Waals surface area (Å²) in [6, 6.07) is 6.19. The molecule has 1 heterocycles. The number of aryl methyl sites for hydroxylation is 1. The first-order valence-electron chi connectivity index (χ1n) is 6.16. The van der Waals surface area contributed by atoms with E-state index in [1.807, 2.05) is 6.07 Å². The molecule has 2 nitrogen and oxygen atoms in total. The van der Waals surface area contributed by atoms with Gasteiger partial charge >= 0.3 is 0 Å². The van der Waals surface area contributed by atoms with Gasteiger partial charge in [-0.25, -0.2) is 0 Å². The minimum Gasteiger partial charge on any atom is -0.347 e. The second-order valence-corrected chi connectivity index (χ2v) is 5.43. The molecule has 90 valence electrons. The van der Waals surface area contributed by atoms with Crippen molar-refractivity contribution in [3.63, 3.8) is 0 Å². The molecule has 0 amide bonds. The van der Waals surface area contributed by atoms with Crippen LogP contribution >= 0.6 is 11.6 Å². The number of hydrogen-bond acceptors (Lipinski definition) is 1. The Labute approximate surface area is 106 Å². The smallest absolute Gasteiger partial charge is 0.0497 e. The standard InChI is InChI=1S/C14H17ClN2/c1-17-13-5-2-9(8-16)6-12(13)11-4-3-10(15)7-14(11)17/h3-4,7,9H,2,5-6,8,16H2,1H3. The van der Waals surface area contributed by atoms with Gasteiger partial charge in [0, 0.05) is 28.7 Å². The summed E-state index contributed by atoms with van der Waals surface area (Å²) in [5.41, 5.74) is 10.0. The predicted molar refractivity (Wildman–Crippen MR) is 72.5 cm³/mol. The van der Waals surface area contributed by atoms with Crippen molar-refractivity contribution in [2.24, 2.45) is 18.7 Å². The van der Waals surface area contributed by atoms with Gasteiger partial charge in [-0.2, -0.15) is 0 Å². The molecule has 0 fully saturated rings. The highest BCUT2D eigenvalue weighted by molar-refractivity contribution is 6.31. The molecule has 1 atom stereocenters. The molecular weight excluding hydrogens is 232 g/mol. The van der Waals surface area contributed by atoms with Crippen LogP contribution in [0.2, 0.25) is 5.02 Å². The largest absolute Gasteiger partial charge is 0.347 e. The number of fused-ring (bicyclic) bond motifs is 3. The third kappa shape index (κ3) is 1.67. The Morgan fingerprint density at radius 3 is 3.06 bits per heavy atom. The summed E-state index contributed by atoms with van der Waals surface area (Å²) < 4.78 is 2.29. The molecule has 1 aliphatic carbocycles. The van der Waals surface area contributed by atoms with E-state index in [0.29, 0.717) is 5.92 Å². The van der Waals surface area contributed by atoms with Crippen molar-refractivity contribution in [2.75, 3.05) is 6.54 Å². The third-order valence-corrected chi connectivity index (χ3v) is 4.25. The summed E-state index contributed by atoms with van der Waals surface area (Å²) in [7, 11) is 2.14. The Hall–Kier alpha value is -0.990. The van der Waals surface area contributed by atoms with Gasteiger partial charge in [-0.05, 0) is 49.4 Å². The van der Waals surface area contributed by atoms with Crippen molar-refractivity contribution in [1.29, 1.82) is 0 Å². The van der Waals surface area contributed by atoms with Gasteiger partial charge < -0.3 is 10.3 Å². The van der Waals surface area contributed by atoms with E-state index in [9.17, 15) is 0 Å². The SMILES string of the molecule is Cn1c2c(c3ccc(Cl)cc31)CC(CN)CC2. The van der Waals surface area contributed by atoms with Crippen LogP contribution in [-0.2, 0) is 19.9 Å². The van der Waals surface area contributed by atoms with Crippen molar-refractivity contribution in [2.45, 2.75) is 19.3 Å².